The normalized spacial score (nSPS) is 15.2. The fraction of sp³-hybridized carbons (Fsp3) is 0.333. The number of nitrogens with one attached hydrogen (secondary N) is 1. The van der Waals surface area contributed by atoms with E-state index >= 15 is 0 Å². The standard InChI is InChI=1S/C27H31N3O2/c1-19-25(21(3)31)20(2)28-26(19)24(32)18-29-14-16-30(17-15-29)27(22-10-6-4-7-11-22)23-12-8-5-9-13-23/h4-13,27-28H,14-18H2,1-3H3. The van der Waals surface area contributed by atoms with Crippen molar-refractivity contribution in [2.45, 2.75) is 26.8 Å². The van der Waals surface area contributed by atoms with Crippen LogP contribution in [0.1, 0.15) is 56.2 Å². The molecule has 0 radical (unpaired) electrons. The summed E-state index contributed by atoms with van der Waals surface area (Å²) in [4.78, 5) is 32.7. The summed E-state index contributed by atoms with van der Waals surface area (Å²) in [5.41, 5.74) is 5.34. The lowest BCUT2D eigenvalue weighted by molar-refractivity contribution is 0.0803. The maximum absolute atomic E-state index is 13.0. The lowest BCUT2D eigenvalue weighted by Gasteiger charge is -2.39. The first-order valence-corrected chi connectivity index (χ1v) is 11.2. The molecule has 5 heteroatoms. The predicted molar refractivity (Wildman–Crippen MR) is 127 cm³/mol. The van der Waals surface area contributed by atoms with Crippen LogP contribution in [0.3, 0.4) is 0 Å². The molecule has 0 amide bonds. The molecule has 3 aromatic rings. The van der Waals surface area contributed by atoms with Gasteiger partial charge in [0.25, 0.3) is 0 Å². The van der Waals surface area contributed by atoms with Gasteiger partial charge in [0.15, 0.2) is 11.6 Å². The number of rotatable bonds is 7. The zero-order valence-electron chi connectivity index (χ0n) is 19.1. The van der Waals surface area contributed by atoms with Crippen molar-refractivity contribution < 1.29 is 9.59 Å². The molecule has 1 aromatic heterocycles. The van der Waals surface area contributed by atoms with Gasteiger partial charge in [-0.25, -0.2) is 0 Å². The van der Waals surface area contributed by atoms with Gasteiger partial charge in [0, 0.05) is 37.4 Å². The summed E-state index contributed by atoms with van der Waals surface area (Å²) in [6, 6.07) is 21.5. The van der Waals surface area contributed by atoms with Crippen LogP contribution in [0.4, 0.5) is 0 Å². The smallest absolute Gasteiger partial charge is 0.193 e. The Labute approximate surface area is 190 Å². The minimum Gasteiger partial charge on any atom is -0.355 e. The van der Waals surface area contributed by atoms with Crippen molar-refractivity contribution in [2.75, 3.05) is 32.7 Å². The third-order valence-electron chi connectivity index (χ3n) is 6.44. The van der Waals surface area contributed by atoms with Crippen molar-refractivity contribution in [2.24, 2.45) is 0 Å². The quantitative estimate of drug-likeness (QED) is 0.565. The van der Waals surface area contributed by atoms with Crippen molar-refractivity contribution in [3.05, 3.63) is 94.3 Å². The first-order chi connectivity index (χ1) is 15.5. The van der Waals surface area contributed by atoms with E-state index in [0.29, 0.717) is 17.8 Å². The summed E-state index contributed by atoms with van der Waals surface area (Å²) < 4.78 is 0. The summed E-state index contributed by atoms with van der Waals surface area (Å²) in [5.74, 6) is 0.0472. The maximum atomic E-state index is 13.0. The van der Waals surface area contributed by atoms with Crippen LogP contribution in [-0.4, -0.2) is 59.1 Å². The van der Waals surface area contributed by atoms with E-state index in [2.05, 4.69) is 75.4 Å². The fourth-order valence-corrected chi connectivity index (χ4v) is 4.90. The van der Waals surface area contributed by atoms with Gasteiger partial charge in [-0.2, -0.15) is 0 Å². The molecular formula is C27H31N3O2. The monoisotopic (exact) mass is 429 g/mol. The molecule has 32 heavy (non-hydrogen) atoms. The third kappa shape index (κ3) is 4.59. The van der Waals surface area contributed by atoms with Gasteiger partial charge in [-0.15, -0.1) is 0 Å². The van der Waals surface area contributed by atoms with Gasteiger partial charge < -0.3 is 4.98 Å². The number of aromatic nitrogens is 1. The average molecular weight is 430 g/mol. The van der Waals surface area contributed by atoms with E-state index in [-0.39, 0.29) is 17.6 Å². The second-order valence-corrected chi connectivity index (χ2v) is 8.64. The molecule has 0 unspecified atom stereocenters. The van der Waals surface area contributed by atoms with Crippen molar-refractivity contribution in [1.82, 2.24) is 14.8 Å². The summed E-state index contributed by atoms with van der Waals surface area (Å²) in [6.07, 6.45) is 0. The van der Waals surface area contributed by atoms with E-state index in [1.165, 1.54) is 11.1 Å². The van der Waals surface area contributed by atoms with Crippen LogP contribution in [0.5, 0.6) is 0 Å². The Morgan fingerprint density at radius 3 is 1.88 bits per heavy atom. The largest absolute Gasteiger partial charge is 0.355 e. The molecule has 0 bridgehead atoms. The number of nitrogens with zero attached hydrogens (tertiary/aromatic N) is 2. The van der Waals surface area contributed by atoms with E-state index < -0.39 is 0 Å². The van der Waals surface area contributed by atoms with E-state index in [9.17, 15) is 9.59 Å². The van der Waals surface area contributed by atoms with Crippen molar-refractivity contribution >= 4 is 11.6 Å². The number of piperazine rings is 1. The minimum atomic E-state index is -0.00298. The van der Waals surface area contributed by atoms with Crippen LogP contribution in [0, 0.1) is 13.8 Å². The number of Topliss-reactive ketones (excluding diaryl/α,β-unsaturated/α-hetero) is 2. The highest BCUT2D eigenvalue weighted by atomic mass is 16.1. The highest BCUT2D eigenvalue weighted by Gasteiger charge is 2.28. The average Bonchev–Trinajstić information content (AvgIpc) is 3.11. The Bertz CT molecular complexity index is 1040. The zero-order valence-corrected chi connectivity index (χ0v) is 19.1. The zero-order chi connectivity index (χ0) is 22.7. The minimum absolute atomic E-state index is 0.00298. The van der Waals surface area contributed by atoms with Crippen molar-refractivity contribution in [1.29, 1.82) is 0 Å². The molecule has 1 fully saturated rings. The third-order valence-corrected chi connectivity index (χ3v) is 6.44. The predicted octanol–water partition coefficient (Wildman–Crippen LogP) is 4.42. The first kappa shape index (κ1) is 22.2. The SMILES string of the molecule is CC(=O)c1c(C)[nH]c(C(=O)CN2CCN(C(c3ccccc3)c3ccccc3)CC2)c1C. The maximum Gasteiger partial charge on any atom is 0.193 e. The Hall–Kier alpha value is -3.02. The van der Waals surface area contributed by atoms with E-state index in [0.717, 1.165) is 37.4 Å². The number of ketones is 2. The molecule has 166 valence electrons. The van der Waals surface area contributed by atoms with Crippen LogP contribution in [0.15, 0.2) is 60.7 Å². The molecule has 0 aliphatic carbocycles. The first-order valence-electron chi connectivity index (χ1n) is 11.2. The van der Waals surface area contributed by atoms with Crippen molar-refractivity contribution in [3.63, 3.8) is 0 Å². The van der Waals surface area contributed by atoms with Gasteiger partial charge in [0.2, 0.25) is 0 Å². The summed E-state index contributed by atoms with van der Waals surface area (Å²) >= 11 is 0. The number of carbonyl (C=O) groups is 2. The molecule has 1 saturated heterocycles. The van der Waals surface area contributed by atoms with E-state index in [4.69, 9.17) is 0 Å². The number of carbonyl (C=O) groups excluding carboxylic acids is 2. The van der Waals surface area contributed by atoms with E-state index in [1.54, 1.807) is 6.92 Å². The highest BCUT2D eigenvalue weighted by molar-refractivity contribution is 6.03. The van der Waals surface area contributed by atoms with Crippen LogP contribution in [0.25, 0.3) is 0 Å². The van der Waals surface area contributed by atoms with Crippen LogP contribution in [-0.2, 0) is 0 Å². The number of hydrogen-bond acceptors (Lipinski definition) is 4. The molecule has 0 saturated carbocycles. The molecule has 1 aliphatic heterocycles. The molecule has 0 spiro atoms. The second-order valence-electron chi connectivity index (χ2n) is 8.64. The summed E-state index contributed by atoms with van der Waals surface area (Å²) in [7, 11) is 0. The van der Waals surface area contributed by atoms with Crippen LogP contribution in [0.2, 0.25) is 0 Å². The van der Waals surface area contributed by atoms with Gasteiger partial charge in [-0.1, -0.05) is 60.7 Å². The highest BCUT2D eigenvalue weighted by Crippen LogP contribution is 2.29. The fourth-order valence-electron chi connectivity index (χ4n) is 4.90. The van der Waals surface area contributed by atoms with Gasteiger partial charge in [-0.05, 0) is 37.5 Å². The summed E-state index contributed by atoms with van der Waals surface area (Å²) in [6.45, 7) is 9.08. The van der Waals surface area contributed by atoms with Crippen LogP contribution >= 0.6 is 0 Å². The lowest BCUT2D eigenvalue weighted by Crippen LogP contribution is -2.49. The van der Waals surface area contributed by atoms with Gasteiger partial charge >= 0.3 is 0 Å². The Kier molecular flexibility index (Phi) is 6.68. The molecule has 2 aromatic carbocycles. The number of aromatic amines is 1. The molecule has 5 nitrogen and oxygen atoms in total. The summed E-state index contributed by atoms with van der Waals surface area (Å²) in [5, 5.41) is 0. The second kappa shape index (κ2) is 9.63. The van der Waals surface area contributed by atoms with Gasteiger partial charge in [-0.3, -0.25) is 19.4 Å². The number of hydrogen-bond donors (Lipinski definition) is 1. The molecule has 1 aliphatic rings. The molecular weight excluding hydrogens is 398 g/mol. The number of benzene rings is 2. The van der Waals surface area contributed by atoms with Crippen LogP contribution < -0.4 is 0 Å². The Balaban J connectivity index is 1.45. The molecule has 0 atom stereocenters. The van der Waals surface area contributed by atoms with Gasteiger partial charge in [0.05, 0.1) is 18.3 Å². The van der Waals surface area contributed by atoms with E-state index in [1.807, 2.05) is 13.8 Å². The topological polar surface area (TPSA) is 56.4 Å². The number of aryl methyl sites for hydroxylation is 1. The number of H-pyrrole nitrogens is 1. The lowest BCUT2D eigenvalue weighted by atomic mass is 9.96. The Morgan fingerprint density at radius 2 is 1.41 bits per heavy atom. The molecule has 2 heterocycles. The molecule has 1 N–H and O–H groups in total. The Morgan fingerprint density at radius 1 is 0.875 bits per heavy atom. The molecule has 4 rings (SSSR count). The van der Waals surface area contributed by atoms with Gasteiger partial charge in [0.1, 0.15) is 0 Å². The van der Waals surface area contributed by atoms with Crippen molar-refractivity contribution in [3.8, 4) is 0 Å².